The number of benzene rings is 1. The Bertz CT molecular complexity index is 479. The van der Waals surface area contributed by atoms with E-state index >= 15 is 0 Å². The molecule has 1 aliphatic heterocycles. The first-order valence-corrected chi connectivity index (χ1v) is 8.27. The van der Waals surface area contributed by atoms with Gasteiger partial charge >= 0.3 is 0 Å². The van der Waals surface area contributed by atoms with E-state index in [2.05, 4.69) is 37.5 Å². The van der Waals surface area contributed by atoms with Crippen molar-refractivity contribution in [1.82, 2.24) is 5.32 Å². The van der Waals surface area contributed by atoms with Crippen LogP contribution in [-0.2, 0) is 15.3 Å². The lowest BCUT2D eigenvalue weighted by atomic mass is 10.2. The summed E-state index contributed by atoms with van der Waals surface area (Å²) in [5.41, 5.74) is 2.07. The number of morpholine rings is 1. The van der Waals surface area contributed by atoms with Gasteiger partial charge in [0, 0.05) is 22.7 Å². The van der Waals surface area contributed by atoms with Crippen molar-refractivity contribution in [2.75, 3.05) is 25.1 Å². The van der Waals surface area contributed by atoms with Gasteiger partial charge in [0.25, 0.3) is 0 Å². The summed E-state index contributed by atoms with van der Waals surface area (Å²) in [5, 5.41) is 6.12. The van der Waals surface area contributed by atoms with E-state index in [1.54, 1.807) is 0 Å². The number of thioether (sulfide) groups is 1. The van der Waals surface area contributed by atoms with Crippen molar-refractivity contribution >= 4 is 23.4 Å². The first-order chi connectivity index (χ1) is 9.94. The molecule has 0 radical (unpaired) electrons. The summed E-state index contributed by atoms with van der Waals surface area (Å²) in [6, 6.07) is 7.79. The molecule has 2 N–H and O–H groups in total. The van der Waals surface area contributed by atoms with Crippen LogP contribution in [0.3, 0.4) is 0 Å². The van der Waals surface area contributed by atoms with E-state index in [0.717, 1.165) is 18.0 Å². The van der Waals surface area contributed by atoms with Gasteiger partial charge in [-0.15, -0.1) is 0 Å². The molecule has 1 atom stereocenters. The molecule has 0 saturated carbocycles. The van der Waals surface area contributed by atoms with Crippen LogP contribution in [0.4, 0.5) is 5.69 Å². The molecule has 1 saturated heterocycles. The van der Waals surface area contributed by atoms with E-state index in [4.69, 9.17) is 4.74 Å². The van der Waals surface area contributed by atoms with Crippen molar-refractivity contribution in [3.63, 3.8) is 0 Å². The van der Waals surface area contributed by atoms with E-state index in [1.807, 2.05) is 30.0 Å². The second-order valence-corrected chi connectivity index (χ2v) is 7.97. The third-order valence-electron chi connectivity index (χ3n) is 3.10. The van der Waals surface area contributed by atoms with Crippen LogP contribution in [0, 0.1) is 0 Å². The van der Waals surface area contributed by atoms with Crippen LogP contribution in [-0.4, -0.2) is 36.5 Å². The largest absolute Gasteiger partial charge is 0.378 e. The van der Waals surface area contributed by atoms with Crippen molar-refractivity contribution in [1.29, 1.82) is 0 Å². The van der Waals surface area contributed by atoms with Crippen LogP contribution >= 0.6 is 11.8 Å². The van der Waals surface area contributed by atoms with Crippen molar-refractivity contribution < 1.29 is 9.53 Å². The van der Waals surface area contributed by atoms with Gasteiger partial charge < -0.3 is 15.4 Å². The molecular formula is C16H24N2O2S. The molecule has 1 fully saturated rings. The zero-order valence-corrected chi connectivity index (χ0v) is 13.8. The molecule has 1 amide bonds. The van der Waals surface area contributed by atoms with E-state index in [9.17, 15) is 4.79 Å². The third kappa shape index (κ3) is 5.69. The molecule has 1 aromatic rings. The fourth-order valence-electron chi connectivity index (χ4n) is 2.00. The first kappa shape index (κ1) is 16.3. The molecule has 5 heteroatoms. The lowest BCUT2D eigenvalue weighted by molar-refractivity contribution is -0.120. The van der Waals surface area contributed by atoms with Gasteiger partial charge in [-0.3, -0.25) is 4.79 Å². The summed E-state index contributed by atoms with van der Waals surface area (Å²) in [7, 11) is 0. The average molecular weight is 308 g/mol. The van der Waals surface area contributed by atoms with E-state index < -0.39 is 0 Å². The van der Waals surface area contributed by atoms with Crippen molar-refractivity contribution in [2.24, 2.45) is 0 Å². The highest BCUT2D eigenvalue weighted by Gasteiger charge is 2.21. The molecule has 2 rings (SSSR count). The van der Waals surface area contributed by atoms with Crippen molar-refractivity contribution in [3.8, 4) is 0 Å². The number of anilines is 1. The predicted octanol–water partition coefficient (Wildman–Crippen LogP) is 2.65. The monoisotopic (exact) mass is 308 g/mol. The molecule has 21 heavy (non-hydrogen) atoms. The lowest BCUT2D eigenvalue weighted by Gasteiger charge is -2.23. The van der Waals surface area contributed by atoms with Crippen molar-refractivity contribution in [2.45, 2.75) is 37.3 Å². The average Bonchev–Trinajstić information content (AvgIpc) is 2.46. The minimum absolute atomic E-state index is 0.0321. The maximum atomic E-state index is 12.1. The van der Waals surface area contributed by atoms with Crippen molar-refractivity contribution in [3.05, 3.63) is 29.8 Å². The Morgan fingerprint density at radius 3 is 2.95 bits per heavy atom. The Kier molecular flexibility index (Phi) is 5.67. The topological polar surface area (TPSA) is 50.4 Å². The lowest BCUT2D eigenvalue weighted by Crippen LogP contribution is -2.48. The molecule has 0 aliphatic carbocycles. The number of carbonyl (C=O) groups is 1. The Morgan fingerprint density at radius 1 is 1.48 bits per heavy atom. The van der Waals surface area contributed by atoms with Crippen LogP contribution in [0.1, 0.15) is 26.3 Å². The Labute approximate surface area is 131 Å². The second-order valence-electron chi connectivity index (χ2n) is 6.17. The molecule has 1 aromatic carbocycles. The normalized spacial score (nSPS) is 19.3. The van der Waals surface area contributed by atoms with Crippen LogP contribution < -0.4 is 10.6 Å². The third-order valence-corrected chi connectivity index (χ3v) is 4.45. The van der Waals surface area contributed by atoms with E-state index in [-0.39, 0.29) is 16.7 Å². The Balaban J connectivity index is 1.92. The maximum absolute atomic E-state index is 12.1. The molecule has 4 nitrogen and oxygen atoms in total. The van der Waals surface area contributed by atoms with Gasteiger partial charge in [0.1, 0.15) is 6.04 Å². The summed E-state index contributed by atoms with van der Waals surface area (Å²) in [4.78, 5) is 12.1. The summed E-state index contributed by atoms with van der Waals surface area (Å²) in [5.74, 6) is 0.910. The number of amides is 1. The number of hydrogen-bond acceptors (Lipinski definition) is 4. The zero-order chi connectivity index (χ0) is 15.3. The number of hydrogen-bond donors (Lipinski definition) is 2. The number of carbonyl (C=O) groups excluding carboxylic acids is 1. The highest BCUT2D eigenvalue weighted by molar-refractivity contribution is 7.99. The summed E-state index contributed by atoms with van der Waals surface area (Å²) in [6.07, 6.45) is 0. The van der Waals surface area contributed by atoms with Gasteiger partial charge in [-0.1, -0.05) is 32.9 Å². The van der Waals surface area contributed by atoms with E-state index in [0.29, 0.717) is 13.2 Å². The van der Waals surface area contributed by atoms with Gasteiger partial charge in [0.2, 0.25) is 5.91 Å². The van der Waals surface area contributed by atoms with Gasteiger partial charge in [-0.2, -0.15) is 11.8 Å². The SMILES string of the molecule is CC(C)(C)SCc1cccc(NC(=O)[C@H]2COCCN2)c1. The molecule has 0 aromatic heterocycles. The quantitative estimate of drug-likeness (QED) is 0.898. The summed E-state index contributed by atoms with van der Waals surface area (Å²) >= 11 is 1.90. The molecule has 0 unspecified atom stereocenters. The highest BCUT2D eigenvalue weighted by atomic mass is 32.2. The van der Waals surface area contributed by atoms with Crippen LogP contribution in [0.15, 0.2) is 24.3 Å². The highest BCUT2D eigenvalue weighted by Crippen LogP contribution is 2.27. The van der Waals surface area contributed by atoms with Crippen LogP contribution in [0.2, 0.25) is 0 Å². The maximum Gasteiger partial charge on any atom is 0.243 e. The number of nitrogens with one attached hydrogen (secondary N) is 2. The second kappa shape index (κ2) is 7.29. The fourth-order valence-corrected chi connectivity index (χ4v) is 2.78. The van der Waals surface area contributed by atoms with Gasteiger partial charge in [-0.25, -0.2) is 0 Å². The Morgan fingerprint density at radius 2 is 2.29 bits per heavy atom. The molecule has 1 aliphatic rings. The molecule has 116 valence electrons. The summed E-state index contributed by atoms with van der Waals surface area (Å²) in [6.45, 7) is 8.45. The smallest absolute Gasteiger partial charge is 0.243 e. The van der Waals surface area contributed by atoms with Crippen LogP contribution in [0.5, 0.6) is 0 Å². The number of ether oxygens (including phenoxy) is 1. The molecule has 0 bridgehead atoms. The predicted molar refractivity (Wildman–Crippen MR) is 88.7 cm³/mol. The summed E-state index contributed by atoms with van der Waals surface area (Å²) < 4.78 is 5.55. The van der Waals surface area contributed by atoms with Gasteiger partial charge in [0.15, 0.2) is 0 Å². The minimum Gasteiger partial charge on any atom is -0.378 e. The zero-order valence-electron chi connectivity index (χ0n) is 12.9. The van der Waals surface area contributed by atoms with Gasteiger partial charge in [0.05, 0.1) is 13.2 Å². The van der Waals surface area contributed by atoms with Gasteiger partial charge in [-0.05, 0) is 17.7 Å². The number of rotatable bonds is 4. The first-order valence-electron chi connectivity index (χ1n) is 7.29. The fraction of sp³-hybridized carbons (Fsp3) is 0.562. The standard InChI is InChI=1S/C16H24N2O2S/c1-16(2,3)21-11-12-5-4-6-13(9-12)18-15(19)14-10-20-8-7-17-14/h4-6,9,14,17H,7-8,10-11H2,1-3H3,(H,18,19)/t14-/m1/s1. The van der Waals surface area contributed by atoms with Crippen LogP contribution in [0.25, 0.3) is 0 Å². The molecular weight excluding hydrogens is 284 g/mol. The minimum atomic E-state index is -0.258. The van der Waals surface area contributed by atoms with E-state index in [1.165, 1.54) is 5.56 Å². The Hall–Kier alpha value is -1.04. The molecule has 0 spiro atoms. The molecule has 1 heterocycles.